The highest BCUT2D eigenvalue weighted by Crippen LogP contribution is 2.15. The van der Waals surface area contributed by atoms with Crippen LogP contribution in [0.1, 0.15) is 30.9 Å². The van der Waals surface area contributed by atoms with Gasteiger partial charge < -0.3 is 10.0 Å². The van der Waals surface area contributed by atoms with E-state index in [9.17, 15) is 9.59 Å². The Balaban J connectivity index is 2.46. The van der Waals surface area contributed by atoms with Gasteiger partial charge in [-0.25, -0.2) is 0 Å². The van der Waals surface area contributed by atoms with Gasteiger partial charge in [0, 0.05) is 13.6 Å². The molecular formula is C15H21NO3S. The van der Waals surface area contributed by atoms with Crippen LogP contribution in [0, 0.1) is 0 Å². The topological polar surface area (TPSA) is 57.6 Å². The Morgan fingerprint density at radius 2 is 1.80 bits per heavy atom. The number of carboxylic acids is 1. The fourth-order valence-corrected chi connectivity index (χ4v) is 2.38. The third-order valence-corrected chi connectivity index (χ3v) is 3.85. The molecule has 0 aliphatic rings. The maximum Gasteiger partial charge on any atom is 0.313 e. The molecule has 0 aliphatic carbocycles. The smallest absolute Gasteiger partial charge is 0.313 e. The summed E-state index contributed by atoms with van der Waals surface area (Å²) in [7, 11) is 1.74. The number of amides is 1. The van der Waals surface area contributed by atoms with E-state index in [4.69, 9.17) is 5.11 Å². The normalized spacial score (nSPS) is 10.6. The lowest BCUT2D eigenvalue weighted by Gasteiger charge is -2.17. The Labute approximate surface area is 124 Å². The molecule has 1 aromatic carbocycles. The number of carbonyl (C=O) groups excluding carboxylic acids is 1. The molecule has 4 nitrogen and oxygen atoms in total. The molecule has 0 aromatic heterocycles. The van der Waals surface area contributed by atoms with E-state index < -0.39 is 5.97 Å². The van der Waals surface area contributed by atoms with Crippen LogP contribution >= 0.6 is 11.8 Å². The van der Waals surface area contributed by atoms with Gasteiger partial charge >= 0.3 is 5.97 Å². The summed E-state index contributed by atoms with van der Waals surface area (Å²) in [4.78, 5) is 23.8. The standard InChI is InChI=1S/C15H21NO3S/c1-11(2)13-6-4-12(5-7-13)8-16(3)14(17)9-20-10-15(18)19/h4-7,11H,8-10H2,1-3H3,(H,18,19). The summed E-state index contributed by atoms with van der Waals surface area (Å²) in [6.45, 7) is 4.83. The second-order valence-electron chi connectivity index (χ2n) is 5.03. The highest BCUT2D eigenvalue weighted by molar-refractivity contribution is 8.00. The first-order chi connectivity index (χ1) is 9.40. The molecule has 1 N–H and O–H groups in total. The molecule has 1 aromatic rings. The number of hydrogen-bond donors (Lipinski definition) is 1. The zero-order valence-corrected chi connectivity index (χ0v) is 12.9. The van der Waals surface area contributed by atoms with Crippen LogP contribution in [0.3, 0.4) is 0 Å². The summed E-state index contributed by atoms with van der Waals surface area (Å²) >= 11 is 1.12. The number of rotatable bonds is 7. The van der Waals surface area contributed by atoms with E-state index in [1.807, 2.05) is 12.1 Å². The molecule has 0 heterocycles. The molecule has 20 heavy (non-hydrogen) atoms. The molecule has 0 spiro atoms. The molecule has 0 bridgehead atoms. The average Bonchev–Trinajstić information content (AvgIpc) is 2.38. The van der Waals surface area contributed by atoms with Gasteiger partial charge in [0.05, 0.1) is 11.5 Å². The summed E-state index contributed by atoms with van der Waals surface area (Å²) in [5.41, 5.74) is 2.35. The largest absolute Gasteiger partial charge is 0.481 e. The van der Waals surface area contributed by atoms with E-state index in [1.165, 1.54) is 5.56 Å². The molecule has 0 fully saturated rings. The second kappa shape index (κ2) is 7.94. The molecule has 1 amide bonds. The third kappa shape index (κ3) is 5.65. The second-order valence-corrected chi connectivity index (χ2v) is 6.02. The molecule has 0 unspecified atom stereocenters. The van der Waals surface area contributed by atoms with Gasteiger partial charge in [-0.15, -0.1) is 11.8 Å². The van der Waals surface area contributed by atoms with Crippen LogP contribution in [0.2, 0.25) is 0 Å². The van der Waals surface area contributed by atoms with E-state index in [0.717, 1.165) is 17.3 Å². The van der Waals surface area contributed by atoms with Crippen LogP contribution in [0.15, 0.2) is 24.3 Å². The molecule has 110 valence electrons. The van der Waals surface area contributed by atoms with Crippen LogP contribution in [0.5, 0.6) is 0 Å². The summed E-state index contributed by atoms with van der Waals surface area (Å²) < 4.78 is 0. The molecular weight excluding hydrogens is 274 g/mol. The molecule has 0 atom stereocenters. The first-order valence-electron chi connectivity index (χ1n) is 6.52. The van der Waals surface area contributed by atoms with Crippen molar-refractivity contribution in [1.82, 2.24) is 4.90 Å². The molecule has 1 rings (SSSR count). The van der Waals surface area contributed by atoms with Gasteiger partial charge in [0.15, 0.2) is 0 Å². The van der Waals surface area contributed by atoms with Crippen molar-refractivity contribution in [3.63, 3.8) is 0 Å². The van der Waals surface area contributed by atoms with Gasteiger partial charge in [0.1, 0.15) is 0 Å². The van der Waals surface area contributed by atoms with E-state index >= 15 is 0 Å². The first kappa shape index (κ1) is 16.6. The van der Waals surface area contributed by atoms with E-state index in [1.54, 1.807) is 11.9 Å². The fraction of sp³-hybridized carbons (Fsp3) is 0.467. The quantitative estimate of drug-likeness (QED) is 0.840. The Kier molecular flexibility index (Phi) is 6.58. The SMILES string of the molecule is CC(C)c1ccc(CN(C)C(=O)CSCC(=O)O)cc1. The van der Waals surface area contributed by atoms with Crippen molar-refractivity contribution in [1.29, 1.82) is 0 Å². The van der Waals surface area contributed by atoms with E-state index in [2.05, 4.69) is 26.0 Å². The minimum atomic E-state index is -0.894. The minimum absolute atomic E-state index is 0.0390. The lowest BCUT2D eigenvalue weighted by atomic mass is 10.0. The van der Waals surface area contributed by atoms with E-state index in [0.29, 0.717) is 12.5 Å². The number of nitrogens with zero attached hydrogens (tertiary/aromatic N) is 1. The summed E-state index contributed by atoms with van der Waals surface area (Å²) in [5, 5.41) is 8.53. The maximum absolute atomic E-state index is 11.8. The summed E-state index contributed by atoms with van der Waals surface area (Å²) in [6, 6.07) is 8.22. The van der Waals surface area contributed by atoms with Crippen molar-refractivity contribution >= 4 is 23.6 Å². The van der Waals surface area contributed by atoms with Gasteiger partial charge in [-0.2, -0.15) is 0 Å². The maximum atomic E-state index is 11.8. The van der Waals surface area contributed by atoms with Crippen molar-refractivity contribution < 1.29 is 14.7 Å². The van der Waals surface area contributed by atoms with Crippen LogP contribution in [0.4, 0.5) is 0 Å². The number of hydrogen-bond acceptors (Lipinski definition) is 3. The van der Waals surface area contributed by atoms with Crippen molar-refractivity contribution in [2.24, 2.45) is 0 Å². The zero-order valence-electron chi connectivity index (χ0n) is 12.1. The lowest BCUT2D eigenvalue weighted by molar-refractivity contribution is -0.133. The number of benzene rings is 1. The Morgan fingerprint density at radius 1 is 1.20 bits per heavy atom. The van der Waals surface area contributed by atoms with Crippen molar-refractivity contribution in [3.05, 3.63) is 35.4 Å². The average molecular weight is 295 g/mol. The monoisotopic (exact) mass is 295 g/mol. The van der Waals surface area contributed by atoms with E-state index in [-0.39, 0.29) is 17.4 Å². The zero-order chi connectivity index (χ0) is 15.1. The minimum Gasteiger partial charge on any atom is -0.481 e. The van der Waals surface area contributed by atoms with Crippen LogP contribution in [-0.2, 0) is 16.1 Å². The molecule has 0 saturated carbocycles. The third-order valence-electron chi connectivity index (χ3n) is 2.94. The van der Waals surface area contributed by atoms with Crippen molar-refractivity contribution in [2.75, 3.05) is 18.6 Å². The van der Waals surface area contributed by atoms with Gasteiger partial charge in [-0.3, -0.25) is 9.59 Å². The van der Waals surface area contributed by atoms with Crippen molar-refractivity contribution in [3.8, 4) is 0 Å². The molecule has 0 radical (unpaired) electrons. The number of carboxylic acid groups (broad SMARTS) is 1. The number of thioether (sulfide) groups is 1. The number of aliphatic carboxylic acids is 1. The summed E-state index contributed by atoms with van der Waals surface area (Å²) in [6.07, 6.45) is 0. The molecule has 0 saturated heterocycles. The predicted octanol–water partition coefficient (Wildman–Crippen LogP) is 2.59. The summed E-state index contributed by atoms with van der Waals surface area (Å²) in [5.74, 6) is -0.287. The van der Waals surface area contributed by atoms with Crippen molar-refractivity contribution in [2.45, 2.75) is 26.3 Å². The first-order valence-corrected chi connectivity index (χ1v) is 7.68. The molecule has 5 heteroatoms. The lowest BCUT2D eigenvalue weighted by Crippen LogP contribution is -2.28. The van der Waals surface area contributed by atoms with Gasteiger partial charge in [0.2, 0.25) is 5.91 Å². The Bertz CT molecular complexity index is 457. The Morgan fingerprint density at radius 3 is 2.30 bits per heavy atom. The van der Waals surface area contributed by atoms with Gasteiger partial charge in [-0.1, -0.05) is 38.1 Å². The number of carbonyl (C=O) groups is 2. The van der Waals surface area contributed by atoms with Gasteiger partial charge in [-0.05, 0) is 17.0 Å². The highest BCUT2D eigenvalue weighted by Gasteiger charge is 2.10. The highest BCUT2D eigenvalue weighted by atomic mass is 32.2. The van der Waals surface area contributed by atoms with Crippen LogP contribution < -0.4 is 0 Å². The predicted molar refractivity (Wildman–Crippen MR) is 82.0 cm³/mol. The Hall–Kier alpha value is -1.49. The molecule has 0 aliphatic heterocycles. The van der Waals surface area contributed by atoms with Gasteiger partial charge in [0.25, 0.3) is 0 Å². The fourth-order valence-electron chi connectivity index (χ4n) is 1.71. The van der Waals surface area contributed by atoms with Crippen LogP contribution in [0.25, 0.3) is 0 Å². The van der Waals surface area contributed by atoms with Crippen LogP contribution in [-0.4, -0.2) is 40.4 Å².